The summed E-state index contributed by atoms with van der Waals surface area (Å²) in [6, 6.07) is 2.23. The number of aryl methyl sites for hydroxylation is 1. The van der Waals surface area contributed by atoms with E-state index in [1.165, 1.54) is 17.0 Å². The summed E-state index contributed by atoms with van der Waals surface area (Å²) >= 11 is 0. The molecule has 0 radical (unpaired) electrons. The lowest BCUT2D eigenvalue weighted by molar-refractivity contribution is 0.0832. The topological polar surface area (TPSA) is 109 Å². The zero-order chi connectivity index (χ0) is 24.5. The second-order valence-electron chi connectivity index (χ2n) is 10.1. The Hall–Kier alpha value is -2.83. The SMILES string of the molecule is Cn1cc(CN2C(=O)c3cc(S(=O)(=O)NC4(C)CC4)c(F)cc3N3C2=NC[C@H]3C2CCOC2)cn1. The number of nitrogens with zero attached hydrogens (tertiary/aromatic N) is 5. The van der Waals surface area contributed by atoms with Gasteiger partial charge < -0.3 is 9.64 Å². The summed E-state index contributed by atoms with van der Waals surface area (Å²) in [6.07, 6.45) is 5.70. The fraction of sp³-hybridized carbons (Fsp3) is 0.522. The number of ether oxygens (including phenoxy) is 1. The average Bonchev–Trinajstić information content (AvgIpc) is 3.25. The molecule has 1 aromatic heterocycles. The molecular weight excluding hydrogens is 475 g/mol. The van der Waals surface area contributed by atoms with Crippen LogP contribution in [0.1, 0.15) is 42.1 Å². The van der Waals surface area contributed by atoms with Crippen molar-refractivity contribution >= 4 is 27.6 Å². The number of carbonyl (C=O) groups excluding carboxylic acids is 1. The first-order valence-electron chi connectivity index (χ1n) is 11.7. The van der Waals surface area contributed by atoms with Crippen LogP contribution in [0.4, 0.5) is 10.1 Å². The quantitative estimate of drug-likeness (QED) is 0.643. The van der Waals surface area contributed by atoms with E-state index < -0.39 is 32.2 Å². The highest BCUT2D eigenvalue weighted by Crippen LogP contribution is 2.41. The Kier molecular flexibility index (Phi) is 5.07. The number of amides is 1. The van der Waals surface area contributed by atoms with Gasteiger partial charge in [0, 0.05) is 36.9 Å². The van der Waals surface area contributed by atoms with Gasteiger partial charge in [0.05, 0.1) is 43.2 Å². The van der Waals surface area contributed by atoms with Crippen LogP contribution < -0.4 is 9.62 Å². The number of rotatable bonds is 6. The van der Waals surface area contributed by atoms with Gasteiger partial charge in [-0.3, -0.25) is 19.4 Å². The van der Waals surface area contributed by atoms with E-state index in [0.29, 0.717) is 44.2 Å². The summed E-state index contributed by atoms with van der Waals surface area (Å²) in [6.45, 7) is 3.65. The Balaban J connectivity index is 1.45. The minimum atomic E-state index is -4.15. The van der Waals surface area contributed by atoms with Gasteiger partial charge in [0.25, 0.3) is 5.91 Å². The number of nitrogens with one attached hydrogen (secondary N) is 1. The van der Waals surface area contributed by atoms with E-state index in [4.69, 9.17) is 4.74 Å². The molecule has 1 aliphatic carbocycles. The van der Waals surface area contributed by atoms with E-state index in [9.17, 15) is 13.2 Å². The van der Waals surface area contributed by atoms with E-state index in [-0.39, 0.29) is 24.1 Å². The molecule has 1 aromatic carbocycles. The second-order valence-corrected chi connectivity index (χ2v) is 11.7. The van der Waals surface area contributed by atoms with Gasteiger partial charge in [-0.1, -0.05) is 0 Å². The molecule has 1 saturated heterocycles. The Morgan fingerprint density at radius 1 is 1.31 bits per heavy atom. The first kappa shape index (κ1) is 22.6. The molecule has 35 heavy (non-hydrogen) atoms. The fourth-order valence-corrected chi connectivity index (χ4v) is 6.65. The third kappa shape index (κ3) is 3.83. The third-order valence-electron chi connectivity index (χ3n) is 7.27. The van der Waals surface area contributed by atoms with E-state index in [1.54, 1.807) is 24.9 Å². The van der Waals surface area contributed by atoms with Crippen LogP contribution in [0, 0.1) is 11.7 Å². The smallest absolute Gasteiger partial charge is 0.263 e. The molecule has 1 unspecified atom stereocenters. The Morgan fingerprint density at radius 2 is 2.11 bits per heavy atom. The van der Waals surface area contributed by atoms with Crippen molar-refractivity contribution in [1.82, 2.24) is 19.4 Å². The molecule has 0 bridgehead atoms. The van der Waals surface area contributed by atoms with Crippen LogP contribution in [0.2, 0.25) is 0 Å². The van der Waals surface area contributed by atoms with Crippen LogP contribution in [0.5, 0.6) is 0 Å². The molecule has 186 valence electrons. The van der Waals surface area contributed by atoms with Crippen molar-refractivity contribution in [3.05, 3.63) is 41.5 Å². The van der Waals surface area contributed by atoms with Crippen molar-refractivity contribution in [3.8, 4) is 0 Å². The lowest BCUT2D eigenvalue weighted by atomic mass is 9.96. The number of aliphatic imine (C=N–C) groups is 1. The van der Waals surface area contributed by atoms with Crippen LogP contribution in [0.25, 0.3) is 0 Å². The highest BCUT2D eigenvalue weighted by molar-refractivity contribution is 7.89. The Morgan fingerprint density at radius 3 is 2.77 bits per heavy atom. The highest BCUT2D eigenvalue weighted by atomic mass is 32.2. The van der Waals surface area contributed by atoms with Crippen molar-refractivity contribution in [2.45, 2.75) is 49.2 Å². The molecule has 4 heterocycles. The standard InChI is InChI=1S/C23H27FN6O4S/c1-23(4-5-23)27-35(32,33)20-7-16-18(8-17(20)24)30-19(15-3-6-34-13-15)10-25-22(30)29(21(16)31)12-14-9-26-28(2)11-14/h7-9,11,15,19,27H,3-6,10,12-13H2,1-2H3/t15?,19-/m0/s1. The van der Waals surface area contributed by atoms with Crippen molar-refractivity contribution in [1.29, 1.82) is 0 Å². The minimum Gasteiger partial charge on any atom is -0.381 e. The number of carbonyl (C=O) groups is 1. The van der Waals surface area contributed by atoms with Crippen LogP contribution in [-0.4, -0.2) is 66.3 Å². The molecule has 12 heteroatoms. The van der Waals surface area contributed by atoms with Crippen molar-refractivity contribution < 1.29 is 22.3 Å². The molecule has 3 aliphatic heterocycles. The maximum absolute atomic E-state index is 15.4. The lowest BCUT2D eigenvalue weighted by Gasteiger charge is -2.40. The second kappa shape index (κ2) is 7.84. The van der Waals surface area contributed by atoms with E-state index in [1.807, 2.05) is 11.1 Å². The number of anilines is 1. The highest BCUT2D eigenvalue weighted by Gasteiger charge is 2.47. The normalized spacial score (nSPS) is 25.0. The number of halogens is 1. The maximum atomic E-state index is 15.4. The number of aromatic nitrogens is 2. The van der Waals surface area contributed by atoms with Gasteiger partial charge in [-0.2, -0.15) is 5.10 Å². The monoisotopic (exact) mass is 502 g/mol. The predicted molar refractivity (Wildman–Crippen MR) is 125 cm³/mol. The van der Waals surface area contributed by atoms with E-state index in [2.05, 4.69) is 14.8 Å². The molecule has 2 fully saturated rings. The number of fused-ring (bicyclic) bond motifs is 3. The molecule has 1 saturated carbocycles. The zero-order valence-corrected chi connectivity index (χ0v) is 20.4. The van der Waals surface area contributed by atoms with Gasteiger partial charge in [-0.15, -0.1) is 0 Å². The summed E-state index contributed by atoms with van der Waals surface area (Å²) in [7, 11) is -2.35. The van der Waals surface area contributed by atoms with Crippen LogP contribution >= 0.6 is 0 Å². The predicted octanol–water partition coefficient (Wildman–Crippen LogP) is 1.63. The summed E-state index contributed by atoms with van der Waals surface area (Å²) < 4.78 is 51.3. The lowest BCUT2D eigenvalue weighted by Crippen LogP contribution is -2.54. The van der Waals surface area contributed by atoms with Gasteiger partial charge in [0.15, 0.2) is 0 Å². The first-order chi connectivity index (χ1) is 16.7. The van der Waals surface area contributed by atoms with Crippen LogP contribution in [-0.2, 0) is 28.4 Å². The molecule has 1 amide bonds. The summed E-state index contributed by atoms with van der Waals surface area (Å²) in [5.74, 6) is -0.694. The molecule has 10 nitrogen and oxygen atoms in total. The summed E-state index contributed by atoms with van der Waals surface area (Å²) in [5.41, 5.74) is 0.721. The number of sulfonamides is 1. The third-order valence-corrected chi connectivity index (χ3v) is 8.93. The van der Waals surface area contributed by atoms with Gasteiger partial charge in [0.2, 0.25) is 16.0 Å². The van der Waals surface area contributed by atoms with Crippen LogP contribution in [0.3, 0.4) is 0 Å². The summed E-state index contributed by atoms with van der Waals surface area (Å²) in [4.78, 5) is 21.3. The maximum Gasteiger partial charge on any atom is 0.263 e. The largest absolute Gasteiger partial charge is 0.381 e. The fourth-order valence-electron chi connectivity index (χ4n) is 5.10. The van der Waals surface area contributed by atoms with Crippen molar-refractivity contribution in [2.75, 3.05) is 24.7 Å². The van der Waals surface area contributed by atoms with Crippen molar-refractivity contribution in [2.24, 2.45) is 18.0 Å². The molecule has 2 aromatic rings. The Labute approximate surface area is 202 Å². The van der Waals surface area contributed by atoms with E-state index >= 15 is 4.39 Å². The number of hydrogen-bond donors (Lipinski definition) is 1. The number of hydrogen-bond acceptors (Lipinski definition) is 7. The van der Waals surface area contributed by atoms with E-state index in [0.717, 1.165) is 12.0 Å². The molecule has 6 rings (SSSR count). The molecule has 0 spiro atoms. The molecule has 2 atom stereocenters. The average molecular weight is 503 g/mol. The zero-order valence-electron chi connectivity index (χ0n) is 19.6. The van der Waals surface area contributed by atoms with Crippen LogP contribution in [0.15, 0.2) is 34.4 Å². The minimum absolute atomic E-state index is 0.110. The van der Waals surface area contributed by atoms with Gasteiger partial charge >= 0.3 is 0 Å². The molecule has 4 aliphatic rings. The van der Waals surface area contributed by atoms with Crippen molar-refractivity contribution in [3.63, 3.8) is 0 Å². The Bertz CT molecular complexity index is 1350. The number of benzene rings is 1. The summed E-state index contributed by atoms with van der Waals surface area (Å²) in [5, 5.41) is 4.18. The number of guanidine groups is 1. The molecule has 1 N–H and O–H groups in total. The van der Waals surface area contributed by atoms with Gasteiger partial charge in [-0.05, 0) is 38.3 Å². The first-order valence-corrected chi connectivity index (χ1v) is 13.2. The molecular formula is C23H27FN6O4S. The van der Waals surface area contributed by atoms with Gasteiger partial charge in [0.1, 0.15) is 10.7 Å². The van der Waals surface area contributed by atoms with Gasteiger partial charge in [-0.25, -0.2) is 17.5 Å².